The van der Waals surface area contributed by atoms with E-state index in [-0.39, 0.29) is 5.82 Å². The van der Waals surface area contributed by atoms with Gasteiger partial charge >= 0.3 is 0 Å². The van der Waals surface area contributed by atoms with E-state index in [9.17, 15) is 4.39 Å². The van der Waals surface area contributed by atoms with Gasteiger partial charge in [0.15, 0.2) is 0 Å². The first-order valence-corrected chi connectivity index (χ1v) is 4.93. The fourth-order valence-electron chi connectivity index (χ4n) is 1.05. The highest BCUT2D eigenvalue weighted by atomic mass is 35.5. The summed E-state index contributed by atoms with van der Waals surface area (Å²) >= 11 is 9.82. The van der Waals surface area contributed by atoms with Crippen LogP contribution in [0.3, 0.4) is 0 Å². The van der Waals surface area contributed by atoms with Crippen LogP contribution in [-0.4, -0.2) is 19.3 Å². The van der Waals surface area contributed by atoms with Gasteiger partial charge in [-0.1, -0.05) is 11.6 Å². The predicted molar refractivity (Wildman–Crippen MR) is 58.5 cm³/mol. The molecule has 0 saturated heterocycles. The van der Waals surface area contributed by atoms with Crippen molar-refractivity contribution in [2.75, 3.05) is 24.2 Å². The van der Waals surface area contributed by atoms with Crippen LogP contribution in [0, 0.1) is 5.82 Å². The number of benzene rings is 1. The van der Waals surface area contributed by atoms with E-state index >= 15 is 0 Å². The largest absolute Gasteiger partial charge is 0.371 e. The van der Waals surface area contributed by atoms with Gasteiger partial charge in [-0.25, -0.2) is 4.39 Å². The van der Waals surface area contributed by atoms with Crippen molar-refractivity contribution in [3.8, 4) is 0 Å². The monoisotopic (exact) mass is 219 g/mol. The van der Waals surface area contributed by atoms with Crippen LogP contribution in [-0.2, 0) is 0 Å². The normalized spacial score (nSPS) is 10.2. The van der Waals surface area contributed by atoms with E-state index in [1.165, 1.54) is 12.1 Å². The van der Waals surface area contributed by atoms with E-state index in [1.807, 2.05) is 7.05 Å². The van der Waals surface area contributed by atoms with Crippen LogP contribution in [0.15, 0.2) is 18.2 Å². The molecule has 0 spiro atoms. The molecule has 0 bridgehead atoms. The zero-order chi connectivity index (χ0) is 9.84. The van der Waals surface area contributed by atoms with Gasteiger partial charge in [-0.2, -0.15) is 12.6 Å². The van der Waals surface area contributed by atoms with Gasteiger partial charge in [0.25, 0.3) is 0 Å². The van der Waals surface area contributed by atoms with Crippen molar-refractivity contribution in [3.05, 3.63) is 29.0 Å². The van der Waals surface area contributed by atoms with Gasteiger partial charge in [-0.05, 0) is 18.2 Å². The maximum Gasteiger partial charge on any atom is 0.146 e. The van der Waals surface area contributed by atoms with E-state index in [4.69, 9.17) is 11.6 Å². The topological polar surface area (TPSA) is 3.24 Å². The zero-order valence-corrected chi connectivity index (χ0v) is 8.95. The van der Waals surface area contributed by atoms with Gasteiger partial charge in [0.05, 0.1) is 5.69 Å². The first-order valence-electron chi connectivity index (χ1n) is 3.92. The van der Waals surface area contributed by atoms with Crippen molar-refractivity contribution in [1.82, 2.24) is 0 Å². The maximum absolute atomic E-state index is 13.2. The van der Waals surface area contributed by atoms with Crippen molar-refractivity contribution in [2.45, 2.75) is 0 Å². The van der Waals surface area contributed by atoms with Gasteiger partial charge in [0.2, 0.25) is 0 Å². The molecule has 0 fully saturated rings. The Morgan fingerprint density at radius 2 is 2.23 bits per heavy atom. The average Bonchev–Trinajstić information content (AvgIpc) is 2.09. The third-order valence-corrected chi connectivity index (χ3v) is 2.19. The number of hydrogen-bond donors (Lipinski definition) is 1. The minimum atomic E-state index is -0.256. The second-order valence-electron chi connectivity index (χ2n) is 2.74. The zero-order valence-electron chi connectivity index (χ0n) is 7.30. The van der Waals surface area contributed by atoms with E-state index < -0.39 is 0 Å². The smallest absolute Gasteiger partial charge is 0.146 e. The molecule has 0 aliphatic heterocycles. The third kappa shape index (κ3) is 2.78. The molecule has 1 rings (SSSR count). The standard InChI is InChI=1S/C9H11ClFNS/c1-12(4-5-13)9-6-7(10)2-3-8(9)11/h2-3,6,13H,4-5H2,1H3. The van der Waals surface area contributed by atoms with E-state index in [1.54, 1.807) is 11.0 Å². The number of nitrogens with zero attached hydrogens (tertiary/aromatic N) is 1. The molecule has 0 aliphatic rings. The Bertz CT molecular complexity index is 293. The minimum absolute atomic E-state index is 0.256. The molecule has 72 valence electrons. The molecule has 1 aromatic carbocycles. The van der Waals surface area contributed by atoms with Crippen molar-refractivity contribution in [2.24, 2.45) is 0 Å². The molecule has 0 atom stereocenters. The Kier molecular flexibility index (Phi) is 3.88. The first kappa shape index (κ1) is 10.7. The molecular formula is C9H11ClFNS. The Balaban J connectivity index is 2.91. The third-order valence-electron chi connectivity index (χ3n) is 1.75. The lowest BCUT2D eigenvalue weighted by Crippen LogP contribution is -2.20. The van der Waals surface area contributed by atoms with Crippen LogP contribution in [0.25, 0.3) is 0 Å². The van der Waals surface area contributed by atoms with Crippen molar-refractivity contribution < 1.29 is 4.39 Å². The van der Waals surface area contributed by atoms with Gasteiger partial charge in [0.1, 0.15) is 5.82 Å². The van der Waals surface area contributed by atoms with Gasteiger partial charge in [-0.3, -0.25) is 0 Å². The molecule has 0 N–H and O–H groups in total. The lowest BCUT2D eigenvalue weighted by atomic mass is 10.3. The summed E-state index contributed by atoms with van der Waals surface area (Å²) in [5, 5.41) is 0.544. The summed E-state index contributed by atoms with van der Waals surface area (Å²) < 4.78 is 13.2. The molecule has 0 unspecified atom stereocenters. The highest BCUT2D eigenvalue weighted by molar-refractivity contribution is 7.80. The molecule has 0 radical (unpaired) electrons. The molecule has 0 aromatic heterocycles. The highest BCUT2D eigenvalue weighted by Gasteiger charge is 2.06. The summed E-state index contributed by atoms with van der Waals surface area (Å²) in [5.74, 6) is 0.427. The molecule has 13 heavy (non-hydrogen) atoms. The van der Waals surface area contributed by atoms with E-state index in [2.05, 4.69) is 12.6 Å². The molecule has 0 amide bonds. The maximum atomic E-state index is 13.2. The van der Waals surface area contributed by atoms with Crippen molar-refractivity contribution in [1.29, 1.82) is 0 Å². The van der Waals surface area contributed by atoms with Crippen LogP contribution >= 0.6 is 24.2 Å². The van der Waals surface area contributed by atoms with Crippen LogP contribution in [0.2, 0.25) is 5.02 Å². The van der Waals surface area contributed by atoms with Crippen LogP contribution in [0.1, 0.15) is 0 Å². The molecule has 1 nitrogen and oxygen atoms in total. The predicted octanol–water partition coefficient (Wildman–Crippen LogP) is 2.85. The van der Waals surface area contributed by atoms with Crippen LogP contribution < -0.4 is 4.90 Å². The molecule has 1 aromatic rings. The Hall–Kier alpha value is -0.410. The molecule has 0 heterocycles. The second kappa shape index (κ2) is 4.72. The van der Waals surface area contributed by atoms with E-state index in [0.717, 1.165) is 0 Å². The summed E-state index contributed by atoms with van der Waals surface area (Å²) in [5.41, 5.74) is 0.515. The number of thiol groups is 1. The van der Waals surface area contributed by atoms with E-state index in [0.29, 0.717) is 23.0 Å². The molecule has 0 saturated carbocycles. The number of anilines is 1. The number of halogens is 2. The Morgan fingerprint density at radius 1 is 1.54 bits per heavy atom. The summed E-state index contributed by atoms with van der Waals surface area (Å²) in [7, 11) is 1.81. The summed E-state index contributed by atoms with van der Waals surface area (Å²) in [4.78, 5) is 1.79. The summed E-state index contributed by atoms with van der Waals surface area (Å²) in [6.45, 7) is 0.695. The van der Waals surface area contributed by atoms with Gasteiger partial charge < -0.3 is 4.90 Å². The number of hydrogen-bond acceptors (Lipinski definition) is 2. The Morgan fingerprint density at radius 3 is 2.85 bits per heavy atom. The summed E-state index contributed by atoms with van der Waals surface area (Å²) in [6, 6.07) is 4.52. The fraction of sp³-hybridized carbons (Fsp3) is 0.333. The van der Waals surface area contributed by atoms with Crippen LogP contribution in [0.4, 0.5) is 10.1 Å². The first-order chi connectivity index (χ1) is 6.15. The van der Waals surface area contributed by atoms with Crippen molar-refractivity contribution in [3.63, 3.8) is 0 Å². The highest BCUT2D eigenvalue weighted by Crippen LogP contribution is 2.22. The molecule has 4 heteroatoms. The van der Waals surface area contributed by atoms with Crippen LogP contribution in [0.5, 0.6) is 0 Å². The molecular weight excluding hydrogens is 209 g/mol. The fourth-order valence-corrected chi connectivity index (χ4v) is 1.52. The average molecular weight is 220 g/mol. The number of rotatable bonds is 3. The lowest BCUT2D eigenvalue weighted by Gasteiger charge is -2.18. The SMILES string of the molecule is CN(CCS)c1cc(Cl)ccc1F. The second-order valence-corrected chi connectivity index (χ2v) is 3.62. The quantitative estimate of drug-likeness (QED) is 0.766. The lowest BCUT2D eigenvalue weighted by molar-refractivity contribution is 0.624. The van der Waals surface area contributed by atoms with Gasteiger partial charge in [-0.15, -0.1) is 0 Å². The Labute approximate surface area is 87.9 Å². The van der Waals surface area contributed by atoms with Crippen molar-refractivity contribution >= 4 is 29.9 Å². The summed E-state index contributed by atoms with van der Waals surface area (Å²) in [6.07, 6.45) is 0. The molecule has 0 aliphatic carbocycles. The minimum Gasteiger partial charge on any atom is -0.371 e. The van der Waals surface area contributed by atoms with Gasteiger partial charge in [0, 0.05) is 24.4 Å².